The van der Waals surface area contributed by atoms with E-state index < -0.39 is 23.6 Å². The number of esters is 1. The maximum atomic E-state index is 11.5. The molecule has 3 atom stereocenters. The molecule has 6 nitrogen and oxygen atoms in total. The standard InChI is InChI=1S/C10H16O6/c1-9(13-3)10(2,14-4)16-8(12)7(15-9)5-6-11/h6-7H,5H2,1-4H3/t7-,9?,10+/m1/s1. The van der Waals surface area contributed by atoms with Crippen LogP contribution in [0.2, 0.25) is 0 Å². The van der Waals surface area contributed by atoms with Crippen LogP contribution in [0.25, 0.3) is 0 Å². The van der Waals surface area contributed by atoms with Gasteiger partial charge in [-0.25, -0.2) is 4.79 Å². The average molecular weight is 232 g/mol. The number of cyclic esters (lactones) is 1. The second kappa shape index (κ2) is 4.48. The number of carbonyl (C=O) groups excluding carboxylic acids is 2. The van der Waals surface area contributed by atoms with E-state index in [0.29, 0.717) is 6.29 Å². The monoisotopic (exact) mass is 232 g/mol. The highest BCUT2D eigenvalue weighted by Gasteiger charge is 2.57. The van der Waals surface area contributed by atoms with E-state index in [1.54, 1.807) is 6.92 Å². The highest BCUT2D eigenvalue weighted by molar-refractivity contribution is 5.78. The van der Waals surface area contributed by atoms with Crippen molar-refractivity contribution in [3.8, 4) is 0 Å². The predicted octanol–water partition coefficient (Wildman–Crippen LogP) is 0.243. The summed E-state index contributed by atoms with van der Waals surface area (Å²) < 4.78 is 20.8. The Hall–Kier alpha value is -0.980. The smallest absolute Gasteiger partial charge is 0.338 e. The molecular weight excluding hydrogens is 216 g/mol. The summed E-state index contributed by atoms with van der Waals surface area (Å²) in [5, 5.41) is 0. The molecule has 0 aromatic rings. The topological polar surface area (TPSA) is 71.1 Å². The summed E-state index contributed by atoms with van der Waals surface area (Å²) in [6.45, 7) is 3.12. The largest absolute Gasteiger partial charge is 0.425 e. The first-order valence-corrected chi connectivity index (χ1v) is 4.87. The quantitative estimate of drug-likeness (QED) is 0.511. The Balaban J connectivity index is 2.96. The maximum Gasteiger partial charge on any atom is 0.338 e. The van der Waals surface area contributed by atoms with Crippen LogP contribution >= 0.6 is 0 Å². The molecule has 1 fully saturated rings. The molecule has 0 aromatic heterocycles. The van der Waals surface area contributed by atoms with Gasteiger partial charge >= 0.3 is 5.97 Å². The van der Waals surface area contributed by atoms with E-state index in [1.807, 2.05) is 0 Å². The van der Waals surface area contributed by atoms with Gasteiger partial charge in [0.2, 0.25) is 5.79 Å². The second-order valence-corrected chi connectivity index (χ2v) is 3.73. The van der Waals surface area contributed by atoms with Crippen molar-refractivity contribution in [3.63, 3.8) is 0 Å². The van der Waals surface area contributed by atoms with Crippen LogP contribution in [0.15, 0.2) is 0 Å². The minimum atomic E-state index is -1.34. The molecular formula is C10H16O6. The Bertz CT molecular complexity index is 291. The van der Waals surface area contributed by atoms with Gasteiger partial charge in [-0.15, -0.1) is 0 Å². The molecule has 92 valence electrons. The summed E-state index contributed by atoms with van der Waals surface area (Å²) in [6, 6.07) is 0. The molecule has 1 unspecified atom stereocenters. The lowest BCUT2D eigenvalue weighted by molar-refractivity contribution is -0.405. The fourth-order valence-electron chi connectivity index (χ4n) is 1.47. The molecule has 0 saturated carbocycles. The lowest BCUT2D eigenvalue weighted by Crippen LogP contribution is -2.64. The number of methoxy groups -OCH3 is 2. The molecule has 0 bridgehead atoms. The van der Waals surface area contributed by atoms with E-state index >= 15 is 0 Å². The summed E-state index contributed by atoms with van der Waals surface area (Å²) in [5.74, 6) is -3.22. The molecule has 0 amide bonds. The molecule has 0 spiro atoms. The predicted molar refractivity (Wildman–Crippen MR) is 52.5 cm³/mol. The maximum absolute atomic E-state index is 11.5. The van der Waals surface area contributed by atoms with Gasteiger partial charge in [-0.2, -0.15) is 0 Å². The third-order valence-corrected chi connectivity index (χ3v) is 2.84. The van der Waals surface area contributed by atoms with Gasteiger partial charge in [0.25, 0.3) is 5.79 Å². The van der Waals surface area contributed by atoms with E-state index in [-0.39, 0.29) is 6.42 Å². The Morgan fingerprint density at radius 1 is 1.31 bits per heavy atom. The lowest BCUT2D eigenvalue weighted by Gasteiger charge is -2.47. The number of rotatable bonds is 4. The minimum Gasteiger partial charge on any atom is -0.425 e. The van der Waals surface area contributed by atoms with Gasteiger partial charge in [-0.3, -0.25) is 0 Å². The van der Waals surface area contributed by atoms with Gasteiger partial charge in [-0.1, -0.05) is 0 Å². The van der Waals surface area contributed by atoms with Crippen molar-refractivity contribution in [2.75, 3.05) is 14.2 Å². The molecule has 0 radical (unpaired) electrons. The van der Waals surface area contributed by atoms with Gasteiger partial charge in [0.1, 0.15) is 6.29 Å². The van der Waals surface area contributed by atoms with Crippen molar-refractivity contribution in [2.24, 2.45) is 0 Å². The van der Waals surface area contributed by atoms with Crippen LogP contribution in [0.4, 0.5) is 0 Å². The minimum absolute atomic E-state index is 0.0718. The number of hydrogen-bond acceptors (Lipinski definition) is 6. The van der Waals surface area contributed by atoms with Gasteiger partial charge in [0.05, 0.1) is 0 Å². The van der Waals surface area contributed by atoms with E-state index in [4.69, 9.17) is 18.9 Å². The highest BCUT2D eigenvalue weighted by Crippen LogP contribution is 2.37. The molecule has 1 saturated heterocycles. The normalized spacial score (nSPS) is 39.2. The number of aldehydes is 1. The molecule has 0 aromatic carbocycles. The van der Waals surface area contributed by atoms with Crippen molar-refractivity contribution < 1.29 is 28.5 Å². The van der Waals surface area contributed by atoms with Crippen LogP contribution < -0.4 is 0 Å². The fourth-order valence-corrected chi connectivity index (χ4v) is 1.47. The van der Waals surface area contributed by atoms with Crippen LogP contribution in [0.5, 0.6) is 0 Å². The molecule has 1 aliphatic rings. The third kappa shape index (κ3) is 1.95. The zero-order chi connectivity index (χ0) is 12.4. The molecule has 0 aliphatic carbocycles. The first-order valence-electron chi connectivity index (χ1n) is 4.87. The Morgan fingerprint density at radius 3 is 2.31 bits per heavy atom. The first-order chi connectivity index (χ1) is 7.42. The second-order valence-electron chi connectivity index (χ2n) is 3.73. The van der Waals surface area contributed by atoms with Crippen LogP contribution in [0.3, 0.4) is 0 Å². The van der Waals surface area contributed by atoms with E-state index in [2.05, 4.69) is 0 Å². The highest BCUT2D eigenvalue weighted by atomic mass is 16.8. The zero-order valence-corrected chi connectivity index (χ0v) is 9.81. The zero-order valence-electron chi connectivity index (χ0n) is 9.81. The summed E-state index contributed by atoms with van der Waals surface area (Å²) in [6.07, 6.45) is -0.430. The fraction of sp³-hybridized carbons (Fsp3) is 0.800. The molecule has 1 aliphatic heterocycles. The molecule has 6 heteroatoms. The third-order valence-electron chi connectivity index (χ3n) is 2.84. The summed E-state index contributed by atoms with van der Waals surface area (Å²) >= 11 is 0. The van der Waals surface area contributed by atoms with Crippen molar-refractivity contribution >= 4 is 12.3 Å². The van der Waals surface area contributed by atoms with E-state index in [9.17, 15) is 9.59 Å². The number of ether oxygens (including phenoxy) is 4. The molecule has 16 heavy (non-hydrogen) atoms. The summed E-state index contributed by atoms with van der Waals surface area (Å²) in [5.41, 5.74) is 0. The molecule has 1 rings (SSSR count). The van der Waals surface area contributed by atoms with Crippen LogP contribution in [-0.4, -0.2) is 44.2 Å². The lowest BCUT2D eigenvalue weighted by atomic mass is 10.1. The van der Waals surface area contributed by atoms with Crippen molar-refractivity contribution in [1.82, 2.24) is 0 Å². The van der Waals surface area contributed by atoms with Gasteiger partial charge in [0, 0.05) is 27.6 Å². The van der Waals surface area contributed by atoms with E-state index in [1.165, 1.54) is 21.1 Å². The average Bonchev–Trinajstić information content (AvgIpc) is 2.26. The van der Waals surface area contributed by atoms with Crippen LogP contribution in [0, 0.1) is 0 Å². The Kier molecular flexibility index (Phi) is 3.67. The van der Waals surface area contributed by atoms with Gasteiger partial charge in [-0.05, 0) is 6.92 Å². The van der Waals surface area contributed by atoms with E-state index in [0.717, 1.165) is 0 Å². The van der Waals surface area contributed by atoms with Crippen molar-refractivity contribution in [3.05, 3.63) is 0 Å². The van der Waals surface area contributed by atoms with Crippen LogP contribution in [-0.2, 0) is 28.5 Å². The molecule has 0 N–H and O–H groups in total. The first kappa shape index (κ1) is 13.1. The summed E-state index contributed by atoms with van der Waals surface area (Å²) in [4.78, 5) is 21.9. The number of carbonyl (C=O) groups is 2. The van der Waals surface area contributed by atoms with Gasteiger partial charge < -0.3 is 23.7 Å². The van der Waals surface area contributed by atoms with Crippen molar-refractivity contribution in [2.45, 2.75) is 37.9 Å². The SMILES string of the molecule is COC1(C)O[C@H](CC=O)C(=O)O[C@]1(C)OC. The Labute approximate surface area is 93.8 Å². The van der Waals surface area contributed by atoms with Crippen molar-refractivity contribution in [1.29, 1.82) is 0 Å². The number of hydrogen-bond donors (Lipinski definition) is 0. The Morgan fingerprint density at radius 2 is 1.88 bits per heavy atom. The summed E-state index contributed by atoms with van der Waals surface area (Å²) in [7, 11) is 2.79. The van der Waals surface area contributed by atoms with Crippen LogP contribution in [0.1, 0.15) is 20.3 Å². The molecule has 1 heterocycles. The van der Waals surface area contributed by atoms with Gasteiger partial charge in [0.15, 0.2) is 6.10 Å².